The molecule has 0 saturated carbocycles. The number of carbonyl (C=O) groups is 2. The molecule has 0 unspecified atom stereocenters. The van der Waals surface area contributed by atoms with Crippen molar-refractivity contribution in [2.24, 2.45) is 0 Å². The largest absolute Gasteiger partial charge is 0.347 e. The van der Waals surface area contributed by atoms with Gasteiger partial charge in [-0.15, -0.1) is 0 Å². The molecule has 1 aromatic rings. The number of carbonyl (C=O) groups excluding carboxylic acids is 2. The zero-order valence-electron chi connectivity index (χ0n) is 16.8. The van der Waals surface area contributed by atoms with E-state index in [1.54, 1.807) is 4.90 Å². The molecule has 1 aromatic carbocycles. The Morgan fingerprint density at radius 3 is 2.26 bits per heavy atom. The number of likely N-dealkylation sites (tertiary alicyclic amines) is 1. The number of ether oxygens (including phenoxy) is 2. The molecule has 2 heterocycles. The van der Waals surface area contributed by atoms with Gasteiger partial charge in [0, 0.05) is 38.5 Å². The van der Waals surface area contributed by atoms with Gasteiger partial charge in [0.15, 0.2) is 5.79 Å². The number of piperidine rings is 1. The van der Waals surface area contributed by atoms with Crippen LogP contribution in [0.2, 0.25) is 0 Å². The van der Waals surface area contributed by atoms with Gasteiger partial charge in [-0.25, -0.2) is 0 Å². The van der Waals surface area contributed by atoms with E-state index < -0.39 is 5.79 Å². The first-order chi connectivity index (χ1) is 12.7. The highest BCUT2D eigenvalue weighted by atomic mass is 16.7. The average Bonchev–Trinajstić information content (AvgIpc) is 3.07. The number of hydrogen-bond donors (Lipinski definition) is 0. The third-order valence-electron chi connectivity index (χ3n) is 5.37. The van der Waals surface area contributed by atoms with Crippen molar-refractivity contribution in [2.45, 2.75) is 51.7 Å². The molecule has 2 aliphatic heterocycles. The summed E-state index contributed by atoms with van der Waals surface area (Å²) >= 11 is 0. The Kier molecular flexibility index (Phi) is 5.58. The second-order valence-corrected chi connectivity index (χ2v) is 8.36. The molecule has 148 valence electrons. The molecule has 0 N–H and O–H groups in total. The topological polar surface area (TPSA) is 59.1 Å². The van der Waals surface area contributed by atoms with E-state index in [0.717, 1.165) is 11.3 Å². The van der Waals surface area contributed by atoms with Crippen LogP contribution in [0.3, 0.4) is 0 Å². The minimum absolute atomic E-state index is 0.0400. The first kappa shape index (κ1) is 19.8. The van der Waals surface area contributed by atoms with Crippen LogP contribution in [0.15, 0.2) is 24.3 Å². The number of rotatable bonds is 3. The number of benzene rings is 1. The Hall–Kier alpha value is -1.92. The highest BCUT2D eigenvalue weighted by Crippen LogP contribution is 2.33. The fraction of sp³-hybridized carbons (Fsp3) is 0.619. The molecule has 0 aliphatic carbocycles. The van der Waals surface area contributed by atoms with Crippen LogP contribution in [0.4, 0.5) is 5.69 Å². The fourth-order valence-electron chi connectivity index (χ4n) is 3.83. The highest BCUT2D eigenvalue weighted by Gasteiger charge is 2.41. The number of para-hydroxylation sites is 1. The van der Waals surface area contributed by atoms with Gasteiger partial charge in [-0.2, -0.15) is 0 Å². The molecular formula is C21H30N2O4. The molecule has 0 atom stereocenters. The van der Waals surface area contributed by atoms with Gasteiger partial charge in [0.25, 0.3) is 0 Å². The van der Waals surface area contributed by atoms with Crippen LogP contribution in [0.5, 0.6) is 0 Å². The molecule has 2 amide bonds. The van der Waals surface area contributed by atoms with Crippen LogP contribution >= 0.6 is 0 Å². The number of amides is 2. The summed E-state index contributed by atoms with van der Waals surface area (Å²) in [6.45, 7) is 10.3. The Morgan fingerprint density at radius 2 is 1.70 bits per heavy atom. The maximum Gasteiger partial charge on any atom is 0.242 e. The molecule has 1 spiro atoms. The summed E-state index contributed by atoms with van der Waals surface area (Å²) in [6, 6.07) is 7.82. The normalized spacial score (nSPS) is 19.3. The van der Waals surface area contributed by atoms with Crippen LogP contribution in [0.25, 0.3) is 0 Å². The van der Waals surface area contributed by atoms with Gasteiger partial charge in [0.1, 0.15) is 6.54 Å². The smallest absolute Gasteiger partial charge is 0.242 e. The SMILES string of the molecule is CC(=O)N(CC(=O)N1CCC2(CC1)OCCO2)c1ccccc1C(C)(C)C. The average molecular weight is 374 g/mol. The second-order valence-electron chi connectivity index (χ2n) is 8.36. The minimum Gasteiger partial charge on any atom is -0.347 e. The second kappa shape index (κ2) is 7.60. The van der Waals surface area contributed by atoms with Crippen molar-refractivity contribution in [2.75, 3.05) is 37.7 Å². The van der Waals surface area contributed by atoms with Crippen molar-refractivity contribution in [3.05, 3.63) is 29.8 Å². The van der Waals surface area contributed by atoms with Crippen LogP contribution in [-0.2, 0) is 24.5 Å². The van der Waals surface area contributed by atoms with E-state index in [2.05, 4.69) is 20.8 Å². The molecule has 3 rings (SSSR count). The summed E-state index contributed by atoms with van der Waals surface area (Å²) in [6.07, 6.45) is 1.36. The molecule has 0 aromatic heterocycles. The molecule has 27 heavy (non-hydrogen) atoms. The van der Waals surface area contributed by atoms with Crippen molar-refractivity contribution in [1.29, 1.82) is 0 Å². The summed E-state index contributed by atoms with van der Waals surface area (Å²) in [7, 11) is 0. The molecule has 2 aliphatic rings. The van der Waals surface area contributed by atoms with Crippen molar-refractivity contribution in [1.82, 2.24) is 4.90 Å². The lowest BCUT2D eigenvalue weighted by Gasteiger charge is -2.38. The number of hydrogen-bond acceptors (Lipinski definition) is 4. The zero-order valence-corrected chi connectivity index (χ0v) is 16.8. The lowest BCUT2D eigenvalue weighted by atomic mass is 9.85. The van der Waals surface area contributed by atoms with Gasteiger partial charge in [-0.3, -0.25) is 9.59 Å². The predicted molar refractivity (Wildman–Crippen MR) is 104 cm³/mol. The first-order valence-electron chi connectivity index (χ1n) is 9.65. The van der Waals surface area contributed by atoms with Crippen LogP contribution < -0.4 is 4.90 Å². The maximum absolute atomic E-state index is 12.9. The van der Waals surface area contributed by atoms with E-state index in [4.69, 9.17) is 9.47 Å². The third-order valence-corrected chi connectivity index (χ3v) is 5.37. The van der Waals surface area contributed by atoms with Crippen molar-refractivity contribution < 1.29 is 19.1 Å². The van der Waals surface area contributed by atoms with Gasteiger partial charge >= 0.3 is 0 Å². The molecular weight excluding hydrogens is 344 g/mol. The summed E-state index contributed by atoms with van der Waals surface area (Å²) in [5, 5.41) is 0. The van der Waals surface area contributed by atoms with Crippen molar-refractivity contribution in [3.63, 3.8) is 0 Å². The van der Waals surface area contributed by atoms with Crippen LogP contribution in [0.1, 0.15) is 46.1 Å². The highest BCUT2D eigenvalue weighted by molar-refractivity contribution is 5.98. The van der Waals surface area contributed by atoms with E-state index in [1.165, 1.54) is 6.92 Å². The standard InChI is InChI=1S/C21H30N2O4/c1-16(24)23(18-8-6-5-7-17(18)20(2,3)4)15-19(25)22-11-9-21(10-12-22)26-13-14-27-21/h5-8H,9-15H2,1-4H3. The number of anilines is 1. The monoisotopic (exact) mass is 374 g/mol. The Labute approximate surface area is 161 Å². The van der Waals surface area contributed by atoms with Gasteiger partial charge in [-0.05, 0) is 17.0 Å². The quantitative estimate of drug-likeness (QED) is 0.816. The molecule has 6 heteroatoms. The lowest BCUT2D eigenvalue weighted by molar-refractivity contribution is -0.187. The predicted octanol–water partition coefficient (Wildman–Crippen LogP) is 2.70. The van der Waals surface area contributed by atoms with Gasteiger partial charge in [0.05, 0.1) is 13.2 Å². The summed E-state index contributed by atoms with van der Waals surface area (Å²) in [4.78, 5) is 28.7. The van der Waals surface area contributed by atoms with Crippen molar-refractivity contribution in [3.8, 4) is 0 Å². The molecule has 6 nitrogen and oxygen atoms in total. The van der Waals surface area contributed by atoms with Gasteiger partial charge in [-0.1, -0.05) is 39.0 Å². The Balaban J connectivity index is 1.72. The minimum atomic E-state index is -0.504. The lowest BCUT2D eigenvalue weighted by Crippen LogP contribution is -2.50. The maximum atomic E-state index is 12.9. The van der Waals surface area contributed by atoms with E-state index >= 15 is 0 Å². The van der Waals surface area contributed by atoms with Crippen LogP contribution in [0, 0.1) is 0 Å². The Morgan fingerprint density at radius 1 is 1.11 bits per heavy atom. The molecule has 2 fully saturated rings. The van der Waals surface area contributed by atoms with Gasteiger partial charge < -0.3 is 19.3 Å². The third kappa shape index (κ3) is 4.33. The number of nitrogens with zero attached hydrogens (tertiary/aromatic N) is 2. The fourth-order valence-corrected chi connectivity index (χ4v) is 3.83. The summed E-state index contributed by atoms with van der Waals surface area (Å²) < 4.78 is 11.5. The van der Waals surface area contributed by atoms with Crippen molar-refractivity contribution >= 4 is 17.5 Å². The molecule has 0 bridgehead atoms. The van der Waals surface area contributed by atoms with E-state index in [9.17, 15) is 9.59 Å². The van der Waals surface area contributed by atoms with E-state index in [0.29, 0.717) is 39.1 Å². The van der Waals surface area contributed by atoms with Crippen LogP contribution in [-0.4, -0.2) is 55.3 Å². The van der Waals surface area contributed by atoms with E-state index in [1.807, 2.05) is 29.2 Å². The molecule has 0 radical (unpaired) electrons. The van der Waals surface area contributed by atoms with Gasteiger partial charge in [0.2, 0.25) is 11.8 Å². The first-order valence-corrected chi connectivity index (χ1v) is 9.65. The molecule has 2 saturated heterocycles. The Bertz CT molecular complexity index is 694. The van der Waals surface area contributed by atoms with E-state index in [-0.39, 0.29) is 23.8 Å². The zero-order chi connectivity index (χ0) is 19.7. The summed E-state index contributed by atoms with van der Waals surface area (Å²) in [5.74, 6) is -0.673. The summed E-state index contributed by atoms with van der Waals surface area (Å²) in [5.41, 5.74) is 1.74.